The van der Waals surface area contributed by atoms with Crippen molar-refractivity contribution in [1.82, 2.24) is 5.32 Å². The minimum atomic E-state index is 0.475. The van der Waals surface area contributed by atoms with Gasteiger partial charge in [0, 0.05) is 0 Å². The second-order valence-electron chi connectivity index (χ2n) is 5.03. The molecule has 1 heteroatoms. The van der Waals surface area contributed by atoms with Gasteiger partial charge in [0.1, 0.15) is 0 Å². The molecule has 0 saturated carbocycles. The largest absolute Gasteiger partial charge is 0.316 e. The Kier molecular flexibility index (Phi) is 5.56. The van der Waals surface area contributed by atoms with Gasteiger partial charge in [0.2, 0.25) is 0 Å². The molecular weight excluding hydrogens is 146 g/mol. The van der Waals surface area contributed by atoms with Crippen LogP contribution in [0.4, 0.5) is 0 Å². The molecule has 0 rings (SSSR count). The zero-order chi connectivity index (χ0) is 9.61. The molecule has 0 fully saturated rings. The molecule has 1 unspecified atom stereocenters. The van der Waals surface area contributed by atoms with Gasteiger partial charge in [-0.3, -0.25) is 0 Å². The molecule has 0 spiro atoms. The second-order valence-corrected chi connectivity index (χ2v) is 5.03. The van der Waals surface area contributed by atoms with Gasteiger partial charge in [0.15, 0.2) is 0 Å². The van der Waals surface area contributed by atoms with E-state index < -0.39 is 0 Å². The van der Waals surface area contributed by atoms with Crippen LogP contribution in [0.5, 0.6) is 0 Å². The molecule has 0 saturated heterocycles. The summed E-state index contributed by atoms with van der Waals surface area (Å²) in [6.07, 6.45) is 2.55. The van der Waals surface area contributed by atoms with Crippen LogP contribution in [0.3, 0.4) is 0 Å². The van der Waals surface area contributed by atoms with Gasteiger partial charge in [-0.15, -0.1) is 0 Å². The molecule has 0 heterocycles. The molecule has 0 radical (unpaired) electrons. The summed E-state index contributed by atoms with van der Waals surface area (Å²) < 4.78 is 0. The van der Waals surface area contributed by atoms with E-state index in [1.54, 1.807) is 0 Å². The number of hydrogen-bond donors (Lipinski definition) is 1. The SMILES string of the molecule is CCC(C)CNCCC(C)(C)C. The maximum absolute atomic E-state index is 3.49. The Morgan fingerprint density at radius 2 is 1.83 bits per heavy atom. The van der Waals surface area contributed by atoms with Crippen LogP contribution in [0, 0.1) is 11.3 Å². The summed E-state index contributed by atoms with van der Waals surface area (Å²) in [5.74, 6) is 0.824. The van der Waals surface area contributed by atoms with Gasteiger partial charge in [0.25, 0.3) is 0 Å². The molecular formula is C11H25N. The first kappa shape index (κ1) is 12.0. The number of nitrogens with one attached hydrogen (secondary N) is 1. The van der Waals surface area contributed by atoms with Crippen molar-refractivity contribution in [3.63, 3.8) is 0 Å². The zero-order valence-electron chi connectivity index (χ0n) is 9.41. The monoisotopic (exact) mass is 171 g/mol. The van der Waals surface area contributed by atoms with E-state index in [1.165, 1.54) is 19.4 Å². The topological polar surface area (TPSA) is 12.0 Å². The van der Waals surface area contributed by atoms with E-state index in [9.17, 15) is 0 Å². The van der Waals surface area contributed by atoms with Crippen LogP contribution in [0.25, 0.3) is 0 Å². The molecule has 1 N–H and O–H groups in total. The highest BCUT2D eigenvalue weighted by Gasteiger charge is 2.08. The summed E-state index contributed by atoms with van der Waals surface area (Å²) in [6, 6.07) is 0. The molecule has 0 aliphatic rings. The Morgan fingerprint density at radius 1 is 1.25 bits per heavy atom. The van der Waals surface area contributed by atoms with Gasteiger partial charge in [-0.25, -0.2) is 0 Å². The van der Waals surface area contributed by atoms with Crippen molar-refractivity contribution in [2.45, 2.75) is 47.5 Å². The van der Waals surface area contributed by atoms with Crippen LogP contribution in [0.15, 0.2) is 0 Å². The smallest absolute Gasteiger partial charge is 0.00233 e. The Morgan fingerprint density at radius 3 is 2.25 bits per heavy atom. The number of rotatable bonds is 5. The van der Waals surface area contributed by atoms with Gasteiger partial charge >= 0.3 is 0 Å². The van der Waals surface area contributed by atoms with Crippen molar-refractivity contribution < 1.29 is 0 Å². The van der Waals surface area contributed by atoms with Crippen LogP contribution in [-0.4, -0.2) is 13.1 Å². The first-order chi connectivity index (χ1) is 5.45. The van der Waals surface area contributed by atoms with E-state index >= 15 is 0 Å². The van der Waals surface area contributed by atoms with Crippen LogP contribution < -0.4 is 5.32 Å². The summed E-state index contributed by atoms with van der Waals surface area (Å²) in [4.78, 5) is 0. The van der Waals surface area contributed by atoms with Crippen molar-refractivity contribution in [2.24, 2.45) is 11.3 Å². The van der Waals surface area contributed by atoms with E-state index in [0.717, 1.165) is 12.5 Å². The highest BCUT2D eigenvalue weighted by Crippen LogP contribution is 2.16. The van der Waals surface area contributed by atoms with Crippen molar-refractivity contribution in [3.8, 4) is 0 Å². The van der Waals surface area contributed by atoms with Crippen LogP contribution in [0.1, 0.15) is 47.5 Å². The van der Waals surface area contributed by atoms with E-state index in [0.29, 0.717) is 5.41 Å². The summed E-state index contributed by atoms with van der Waals surface area (Å²) >= 11 is 0. The van der Waals surface area contributed by atoms with Crippen molar-refractivity contribution >= 4 is 0 Å². The fourth-order valence-electron chi connectivity index (χ4n) is 0.956. The third-order valence-electron chi connectivity index (χ3n) is 2.24. The highest BCUT2D eigenvalue weighted by molar-refractivity contribution is 4.63. The van der Waals surface area contributed by atoms with Gasteiger partial charge in [0.05, 0.1) is 0 Å². The first-order valence-electron chi connectivity index (χ1n) is 5.16. The van der Waals surface area contributed by atoms with Crippen LogP contribution >= 0.6 is 0 Å². The standard InChI is InChI=1S/C11H25N/c1-6-10(2)9-12-8-7-11(3,4)5/h10,12H,6-9H2,1-5H3. The highest BCUT2D eigenvalue weighted by atomic mass is 14.9. The number of hydrogen-bond acceptors (Lipinski definition) is 1. The molecule has 0 aliphatic carbocycles. The molecule has 0 bridgehead atoms. The van der Waals surface area contributed by atoms with E-state index in [1.807, 2.05) is 0 Å². The summed E-state index contributed by atoms with van der Waals surface area (Å²) in [5, 5.41) is 3.49. The predicted molar refractivity (Wildman–Crippen MR) is 56.4 cm³/mol. The van der Waals surface area contributed by atoms with Gasteiger partial charge in [-0.1, -0.05) is 41.0 Å². The molecule has 1 nitrogen and oxygen atoms in total. The minimum absolute atomic E-state index is 0.475. The second kappa shape index (κ2) is 5.58. The Labute approximate surface area is 77.9 Å². The molecule has 0 aromatic rings. The maximum atomic E-state index is 3.49. The van der Waals surface area contributed by atoms with Crippen molar-refractivity contribution in [2.75, 3.05) is 13.1 Å². The molecule has 0 aliphatic heterocycles. The third kappa shape index (κ3) is 8.06. The summed E-state index contributed by atoms with van der Waals surface area (Å²) in [5.41, 5.74) is 0.475. The Hall–Kier alpha value is -0.0400. The fourth-order valence-corrected chi connectivity index (χ4v) is 0.956. The van der Waals surface area contributed by atoms with E-state index in [2.05, 4.69) is 39.9 Å². The molecule has 0 amide bonds. The molecule has 0 aromatic heterocycles. The lowest BCUT2D eigenvalue weighted by atomic mass is 9.92. The lowest BCUT2D eigenvalue weighted by Gasteiger charge is -2.19. The third-order valence-corrected chi connectivity index (χ3v) is 2.24. The van der Waals surface area contributed by atoms with Gasteiger partial charge < -0.3 is 5.32 Å². The molecule has 74 valence electrons. The summed E-state index contributed by atoms with van der Waals surface area (Å²) in [6.45, 7) is 13.7. The lowest BCUT2D eigenvalue weighted by Crippen LogP contribution is -2.25. The quantitative estimate of drug-likeness (QED) is 0.627. The molecule has 0 aromatic carbocycles. The Balaban J connectivity index is 3.22. The van der Waals surface area contributed by atoms with Crippen LogP contribution in [0.2, 0.25) is 0 Å². The Bertz CT molecular complexity index is 102. The fraction of sp³-hybridized carbons (Fsp3) is 1.00. The lowest BCUT2D eigenvalue weighted by molar-refractivity contribution is 0.359. The van der Waals surface area contributed by atoms with E-state index in [-0.39, 0.29) is 0 Å². The molecule has 1 atom stereocenters. The van der Waals surface area contributed by atoms with Gasteiger partial charge in [-0.2, -0.15) is 0 Å². The van der Waals surface area contributed by atoms with E-state index in [4.69, 9.17) is 0 Å². The maximum Gasteiger partial charge on any atom is -0.00233 e. The predicted octanol–water partition coefficient (Wildman–Crippen LogP) is 3.06. The summed E-state index contributed by atoms with van der Waals surface area (Å²) in [7, 11) is 0. The first-order valence-corrected chi connectivity index (χ1v) is 5.16. The average molecular weight is 171 g/mol. The zero-order valence-corrected chi connectivity index (χ0v) is 9.41. The van der Waals surface area contributed by atoms with Gasteiger partial charge in [-0.05, 0) is 30.8 Å². The van der Waals surface area contributed by atoms with Crippen LogP contribution in [-0.2, 0) is 0 Å². The normalized spacial score (nSPS) is 14.8. The van der Waals surface area contributed by atoms with Crippen molar-refractivity contribution in [3.05, 3.63) is 0 Å². The van der Waals surface area contributed by atoms with Crippen molar-refractivity contribution in [1.29, 1.82) is 0 Å². The molecule has 12 heavy (non-hydrogen) atoms. The average Bonchev–Trinajstić information content (AvgIpc) is 1.96. The minimum Gasteiger partial charge on any atom is -0.316 e.